The third-order valence-electron chi connectivity index (χ3n) is 12.0. The van der Waals surface area contributed by atoms with Gasteiger partial charge in [0.15, 0.2) is 25.5 Å². The van der Waals surface area contributed by atoms with Gasteiger partial charge in [-0.1, -0.05) is 218 Å². The standard InChI is InChI=1S/C63H42N4SSi/c1-4-22-46(23-5-1)69(47-24-6-2-7-25-47,48-26-8-3-9-27-48)49-40-38-43(39-41-49)61-64-62(44-20-18-21-45(42-44)67-56-34-15-12-29-51(56)52-30-13-16-35-57(52)67)66-63(65-61)54-31-11-10-28-50(54)53-33-19-37-59-60(53)55-32-14-17-36-58(55)68-59/h1-42H/i10D,11D,12D,13D,14D,15D,16D,17D,18D,19D,20D,21D,28D,29D,30D,31D,32D,33D,34D,35D,36D,37D,42D. The number of nitrogens with zero attached hydrogens (tertiary/aromatic N) is 4. The van der Waals surface area contributed by atoms with Crippen LogP contribution in [-0.2, 0) is 0 Å². The normalized spacial score (nSPS) is 16.4. The molecule has 3 heterocycles. The summed E-state index contributed by atoms with van der Waals surface area (Å²) < 4.78 is 211. The Morgan fingerprint density at radius 2 is 0.855 bits per heavy atom. The Morgan fingerprint density at radius 3 is 1.49 bits per heavy atom. The Hall–Kier alpha value is -8.55. The highest BCUT2D eigenvalue weighted by Crippen LogP contribution is 2.43. The molecule has 0 atom stereocenters. The summed E-state index contributed by atoms with van der Waals surface area (Å²) in [5.41, 5.74) is -3.85. The van der Waals surface area contributed by atoms with Crippen molar-refractivity contribution in [3.63, 3.8) is 0 Å². The zero-order valence-corrected chi connectivity index (χ0v) is 37.5. The lowest BCUT2D eigenvalue weighted by atomic mass is 9.95. The Kier molecular flexibility index (Phi) is 5.76. The third kappa shape index (κ3) is 6.83. The quantitative estimate of drug-likeness (QED) is 0.107. The molecule has 69 heavy (non-hydrogen) atoms. The van der Waals surface area contributed by atoms with E-state index in [0.717, 1.165) is 36.7 Å². The van der Waals surface area contributed by atoms with Crippen molar-refractivity contribution in [1.82, 2.24) is 19.5 Å². The van der Waals surface area contributed by atoms with E-state index < -0.39 is 208 Å². The van der Waals surface area contributed by atoms with Crippen LogP contribution in [0.25, 0.3) is 93.0 Å². The molecule has 0 spiro atoms. The Balaban J connectivity index is 1.17. The molecule has 10 aromatic carbocycles. The van der Waals surface area contributed by atoms with E-state index in [2.05, 4.69) is 36.4 Å². The van der Waals surface area contributed by atoms with Gasteiger partial charge in [-0.3, -0.25) is 0 Å². The molecule has 4 nitrogen and oxygen atoms in total. The molecule has 0 N–H and O–H groups in total. The number of para-hydroxylation sites is 2. The van der Waals surface area contributed by atoms with Gasteiger partial charge in [-0.05, 0) is 68.1 Å². The maximum Gasteiger partial charge on any atom is 0.179 e. The van der Waals surface area contributed by atoms with Crippen LogP contribution in [0.2, 0.25) is 0 Å². The Bertz CT molecular complexity index is 5210. The number of hydrogen-bond donors (Lipinski definition) is 0. The Labute approximate surface area is 437 Å². The molecule has 0 bridgehead atoms. The maximum absolute atomic E-state index is 10.2. The highest BCUT2D eigenvalue weighted by atomic mass is 32.1. The topological polar surface area (TPSA) is 43.6 Å². The minimum absolute atomic E-state index is 0.0830. The van der Waals surface area contributed by atoms with Crippen molar-refractivity contribution in [2.24, 2.45) is 0 Å². The fourth-order valence-corrected chi connectivity index (χ4v) is 14.8. The zero-order chi connectivity index (χ0) is 65.7. The van der Waals surface area contributed by atoms with Gasteiger partial charge in [0.1, 0.15) is 0 Å². The van der Waals surface area contributed by atoms with Gasteiger partial charge < -0.3 is 4.57 Å². The minimum atomic E-state index is -3.23. The molecule has 0 saturated carbocycles. The summed E-state index contributed by atoms with van der Waals surface area (Å²) in [4.78, 5) is 14.6. The van der Waals surface area contributed by atoms with Crippen LogP contribution >= 0.6 is 11.3 Å². The second-order valence-electron chi connectivity index (χ2n) is 15.7. The van der Waals surface area contributed by atoms with E-state index in [1.165, 1.54) is 0 Å². The first-order valence-corrected chi connectivity index (χ1v) is 24.3. The molecule has 0 radical (unpaired) electrons. The molecular weight excluding hydrogens is 873 g/mol. The largest absolute Gasteiger partial charge is 0.309 e. The molecule has 0 aliphatic heterocycles. The van der Waals surface area contributed by atoms with Crippen molar-refractivity contribution in [1.29, 1.82) is 0 Å². The molecule has 3 aromatic heterocycles. The van der Waals surface area contributed by atoms with Gasteiger partial charge in [-0.2, -0.15) is 0 Å². The zero-order valence-electron chi connectivity index (χ0n) is 58.7. The van der Waals surface area contributed by atoms with Gasteiger partial charge in [0.05, 0.1) is 42.6 Å². The molecule has 0 aliphatic carbocycles. The number of aromatic nitrogens is 4. The van der Waals surface area contributed by atoms with E-state index in [-0.39, 0.29) is 31.6 Å². The second kappa shape index (κ2) is 17.0. The second-order valence-corrected chi connectivity index (χ2v) is 20.6. The molecule has 324 valence electrons. The van der Waals surface area contributed by atoms with Crippen LogP contribution in [0.15, 0.2) is 254 Å². The first kappa shape index (κ1) is 23.4. The smallest absolute Gasteiger partial charge is 0.179 e. The highest BCUT2D eigenvalue weighted by Gasteiger charge is 2.41. The van der Waals surface area contributed by atoms with Crippen molar-refractivity contribution in [3.05, 3.63) is 254 Å². The summed E-state index contributed by atoms with van der Waals surface area (Å²) in [6.45, 7) is 0. The third-order valence-corrected chi connectivity index (χ3v) is 17.9. The fourth-order valence-electron chi connectivity index (χ4n) is 9.08. The molecule has 6 heteroatoms. The molecule has 0 amide bonds. The average molecular weight is 938 g/mol. The first-order chi connectivity index (χ1) is 43.8. The molecule has 13 aromatic rings. The summed E-state index contributed by atoms with van der Waals surface area (Å²) in [6.07, 6.45) is 0. The van der Waals surface area contributed by atoms with E-state index in [1.807, 2.05) is 66.7 Å². The monoisotopic (exact) mass is 937 g/mol. The Morgan fingerprint density at radius 1 is 0.377 bits per heavy atom. The van der Waals surface area contributed by atoms with Gasteiger partial charge in [0.2, 0.25) is 0 Å². The minimum Gasteiger partial charge on any atom is -0.309 e. The van der Waals surface area contributed by atoms with Crippen molar-refractivity contribution < 1.29 is 31.5 Å². The van der Waals surface area contributed by atoms with E-state index in [9.17, 15) is 12.3 Å². The van der Waals surface area contributed by atoms with Crippen LogP contribution < -0.4 is 20.7 Å². The van der Waals surface area contributed by atoms with Crippen molar-refractivity contribution in [2.45, 2.75) is 0 Å². The van der Waals surface area contributed by atoms with Crippen molar-refractivity contribution in [2.75, 3.05) is 0 Å². The molecular formula is C63H42N4SSi. The predicted molar refractivity (Wildman–Crippen MR) is 292 cm³/mol. The number of rotatable bonds is 9. The van der Waals surface area contributed by atoms with Gasteiger partial charge in [0, 0.05) is 53.3 Å². The summed E-state index contributed by atoms with van der Waals surface area (Å²) in [6, 6.07) is 19.2. The summed E-state index contributed by atoms with van der Waals surface area (Å²) in [7, 11) is -3.23. The average Bonchev–Trinajstić information content (AvgIpc) is 1.50. The SMILES string of the molecule is [2H]c1c([2H])c([2H])c(-c2c([2H])c([2H])c([2H])c3sc4c([2H])c([2H])c([2H])c([2H])c4c23)c(-c2nc(-c3ccc([Si](c4ccccc4)(c4ccccc4)c4ccccc4)cc3)nc(-c3c([2H])c([2H])c([2H])c(-n4c5c([2H])c([2H])c([2H])c([2H])c5c5c([2H])c([2H])c([2H])c([2H])c54)c3[2H])n2)c1[2H]. The van der Waals surface area contributed by atoms with E-state index in [4.69, 9.17) is 34.1 Å². The van der Waals surface area contributed by atoms with Crippen molar-refractivity contribution >= 4 is 82.1 Å². The molecule has 13 rings (SSSR count). The van der Waals surface area contributed by atoms with Crippen LogP contribution in [0.3, 0.4) is 0 Å². The lowest BCUT2D eigenvalue weighted by Crippen LogP contribution is -2.74. The summed E-state index contributed by atoms with van der Waals surface area (Å²) in [5.74, 6) is -1.61. The van der Waals surface area contributed by atoms with Crippen molar-refractivity contribution in [3.8, 4) is 51.0 Å². The van der Waals surface area contributed by atoms with Gasteiger partial charge in [-0.15, -0.1) is 11.3 Å². The van der Waals surface area contributed by atoms with Crippen LogP contribution in [0.4, 0.5) is 0 Å². The van der Waals surface area contributed by atoms with Crippen LogP contribution in [0.1, 0.15) is 31.5 Å². The number of hydrogen-bond acceptors (Lipinski definition) is 4. The molecule has 0 aliphatic rings. The van der Waals surface area contributed by atoms with Crippen LogP contribution in [-0.4, -0.2) is 27.6 Å². The molecule has 0 fully saturated rings. The highest BCUT2D eigenvalue weighted by molar-refractivity contribution is 7.26. The first-order valence-electron chi connectivity index (χ1n) is 33.0. The van der Waals surface area contributed by atoms with Gasteiger partial charge in [-0.25, -0.2) is 15.0 Å². The summed E-state index contributed by atoms with van der Waals surface area (Å²) >= 11 is 0.721. The van der Waals surface area contributed by atoms with Crippen LogP contribution in [0.5, 0.6) is 0 Å². The fraction of sp³-hybridized carbons (Fsp3) is 0. The van der Waals surface area contributed by atoms with E-state index in [1.54, 1.807) is 12.1 Å². The van der Waals surface area contributed by atoms with Gasteiger partial charge >= 0.3 is 0 Å². The maximum atomic E-state index is 10.2. The molecule has 0 saturated heterocycles. The number of benzene rings is 10. The van der Waals surface area contributed by atoms with E-state index in [0.29, 0.717) is 0 Å². The number of fused-ring (bicyclic) bond motifs is 6. The molecule has 0 unspecified atom stereocenters. The lowest BCUT2D eigenvalue weighted by molar-refractivity contribution is 1.07. The lowest BCUT2D eigenvalue weighted by Gasteiger charge is -2.34. The number of thiophene rings is 1. The van der Waals surface area contributed by atoms with Crippen LogP contribution in [0, 0.1) is 0 Å². The van der Waals surface area contributed by atoms with Gasteiger partial charge in [0.25, 0.3) is 0 Å². The predicted octanol–water partition coefficient (Wildman–Crippen LogP) is 13.4. The van der Waals surface area contributed by atoms with E-state index >= 15 is 0 Å². The summed E-state index contributed by atoms with van der Waals surface area (Å²) in [5, 5.41) is 2.67.